The number of nitro groups is 2. The molecule has 70 heavy (non-hydrogen) atoms. The van der Waals surface area contributed by atoms with Crippen LogP contribution in [0.1, 0.15) is 77.0 Å². The van der Waals surface area contributed by atoms with E-state index in [2.05, 4.69) is 6.58 Å². The van der Waals surface area contributed by atoms with Crippen LogP contribution >= 0.6 is 0 Å². The molecular formula is C49H58N4O17. The number of carbonyl (C=O) groups is 5. The van der Waals surface area contributed by atoms with Crippen molar-refractivity contribution in [3.05, 3.63) is 140 Å². The van der Waals surface area contributed by atoms with Gasteiger partial charge in [-0.15, -0.1) is 0 Å². The van der Waals surface area contributed by atoms with Crippen molar-refractivity contribution in [3.63, 3.8) is 0 Å². The van der Waals surface area contributed by atoms with Crippen LogP contribution in [0.5, 0.6) is 0 Å². The van der Waals surface area contributed by atoms with Gasteiger partial charge in [0.05, 0.1) is 9.85 Å². The maximum atomic E-state index is 15.1. The molecule has 376 valence electrons. The SMILES string of the molecule is C=C(CC[C@]12O[C@H](C(=O)NN)[C@@](O)(C(=O)OCc3ccc([N+](=O)[O-])cc3)[C@](C(=O)OCc3ccc([N+](=O)[O-])cc3)(O1)[C@H](OC(=O)/C=C/[C@@H](C)C[C@@H](C)CC)[C@H]2O)[C@@H](OC(C)=O)[C@H](C)Cc1ccccc1. The zero-order chi connectivity index (χ0) is 51.6. The fraction of sp³-hybridized carbons (Fsp3) is 0.449. The standard InChI is InChI=1S/C49H58N4O17/c1-7-29(2)25-30(3)13-22-39(55)68-42-41(56)47(24-23-31(4)40(67-33(6)54)32(5)26-34-11-9-8-10-12-34)69-43(44(57)51-50)48(60,45(58)65-27-35-14-18-37(19-15-35)52(61)62)49(42,70-47)46(59)66-28-36-16-20-38(21-17-36)53(63)64/h8-22,29-30,32,40-43,56,60H,4,7,23-28,50H2,1-3,5-6H3,(H,51,57)/b22-13+/t29-,30+,32+,40+,41+,42+,43+,47-,48+,49-/m0/s1. The number of carbonyl (C=O) groups excluding carboxylic acids is 5. The highest BCUT2D eigenvalue weighted by Gasteiger charge is 2.86. The molecule has 2 bridgehead atoms. The number of hydrazine groups is 1. The van der Waals surface area contributed by atoms with Gasteiger partial charge >= 0.3 is 23.9 Å². The monoisotopic (exact) mass is 974 g/mol. The molecule has 2 fully saturated rings. The van der Waals surface area contributed by atoms with Crippen molar-refractivity contribution < 1.29 is 72.5 Å². The minimum atomic E-state index is -3.77. The number of nitrogens with two attached hydrogens (primary N) is 1. The lowest BCUT2D eigenvalue weighted by atomic mass is 9.74. The van der Waals surface area contributed by atoms with Crippen molar-refractivity contribution in [2.75, 3.05) is 0 Å². The molecule has 3 aromatic rings. The fourth-order valence-electron chi connectivity index (χ4n) is 8.59. The summed E-state index contributed by atoms with van der Waals surface area (Å²) >= 11 is 0. The molecule has 21 nitrogen and oxygen atoms in total. The first-order valence-electron chi connectivity index (χ1n) is 22.5. The number of rotatable bonds is 23. The van der Waals surface area contributed by atoms with Crippen LogP contribution in [0.25, 0.3) is 0 Å². The molecular weight excluding hydrogens is 917 g/mol. The molecule has 10 atom stereocenters. The Bertz CT molecular complexity index is 2430. The summed E-state index contributed by atoms with van der Waals surface area (Å²) < 4.78 is 35.3. The maximum Gasteiger partial charge on any atom is 0.346 e. The average molecular weight is 975 g/mol. The van der Waals surface area contributed by atoms with E-state index in [0.717, 1.165) is 42.3 Å². The van der Waals surface area contributed by atoms with Gasteiger partial charge in [0.1, 0.15) is 25.4 Å². The van der Waals surface area contributed by atoms with Crippen molar-refractivity contribution in [2.24, 2.45) is 23.6 Å². The second-order valence-electron chi connectivity index (χ2n) is 17.7. The van der Waals surface area contributed by atoms with Gasteiger partial charge in [0.25, 0.3) is 22.9 Å². The molecule has 0 saturated carbocycles. The molecule has 21 heteroatoms. The molecule has 0 unspecified atom stereocenters. The maximum absolute atomic E-state index is 15.1. The van der Waals surface area contributed by atoms with Gasteiger partial charge in [-0.1, -0.05) is 77.1 Å². The number of hydrogen-bond acceptors (Lipinski definition) is 18. The molecule has 2 aliphatic rings. The first-order chi connectivity index (χ1) is 33.1. The Morgan fingerprint density at radius 1 is 0.886 bits per heavy atom. The van der Waals surface area contributed by atoms with E-state index in [1.807, 2.05) is 58.0 Å². The van der Waals surface area contributed by atoms with E-state index >= 15 is 4.79 Å². The third-order valence-electron chi connectivity index (χ3n) is 12.4. The molecule has 0 aromatic heterocycles. The Morgan fingerprint density at radius 2 is 1.44 bits per heavy atom. The van der Waals surface area contributed by atoms with Crippen LogP contribution in [0, 0.1) is 38.0 Å². The summed E-state index contributed by atoms with van der Waals surface area (Å²) in [6.45, 7) is 11.5. The first-order valence-corrected chi connectivity index (χ1v) is 22.5. The number of amides is 1. The lowest BCUT2D eigenvalue weighted by molar-refractivity contribution is -0.385. The molecule has 2 aliphatic heterocycles. The second kappa shape index (κ2) is 23.1. The topological polar surface area (TPSA) is 306 Å². The van der Waals surface area contributed by atoms with Crippen molar-refractivity contribution in [1.29, 1.82) is 0 Å². The summed E-state index contributed by atoms with van der Waals surface area (Å²) in [6, 6.07) is 18.6. The van der Waals surface area contributed by atoms with Gasteiger partial charge in [-0.05, 0) is 77.6 Å². The van der Waals surface area contributed by atoms with E-state index in [0.29, 0.717) is 12.8 Å². The molecule has 0 radical (unpaired) electrons. The molecule has 5 rings (SSSR count). The van der Waals surface area contributed by atoms with E-state index in [4.69, 9.17) is 34.3 Å². The predicted molar refractivity (Wildman–Crippen MR) is 246 cm³/mol. The van der Waals surface area contributed by atoms with Gasteiger partial charge in [0, 0.05) is 49.6 Å². The quantitative estimate of drug-likeness (QED) is 0.0143. The third-order valence-corrected chi connectivity index (χ3v) is 12.4. The Hall–Kier alpha value is -6.91. The van der Waals surface area contributed by atoms with Gasteiger partial charge in [-0.25, -0.2) is 20.2 Å². The number of nitro benzene ring substituents is 2. The molecule has 2 saturated heterocycles. The van der Waals surface area contributed by atoms with Crippen LogP contribution in [-0.2, 0) is 72.0 Å². The normalized spacial score (nSPS) is 24.3. The smallest absolute Gasteiger partial charge is 0.346 e. The van der Waals surface area contributed by atoms with E-state index in [1.54, 1.807) is 5.43 Å². The molecule has 5 N–H and O–H groups in total. The van der Waals surface area contributed by atoms with Gasteiger partial charge in [0.15, 0.2) is 12.2 Å². The van der Waals surface area contributed by atoms with Crippen LogP contribution in [0.3, 0.4) is 0 Å². The number of hydrogen-bond donors (Lipinski definition) is 4. The summed E-state index contributed by atoms with van der Waals surface area (Å²) in [5.74, 6) is -4.26. The third kappa shape index (κ3) is 11.9. The Labute approximate surface area is 403 Å². The number of benzene rings is 3. The fourth-order valence-corrected chi connectivity index (χ4v) is 8.59. The summed E-state index contributed by atoms with van der Waals surface area (Å²) in [5.41, 5.74) is -4.68. The number of esters is 4. The van der Waals surface area contributed by atoms with E-state index in [9.17, 15) is 49.6 Å². The Morgan fingerprint density at radius 3 is 1.96 bits per heavy atom. The molecule has 2 heterocycles. The minimum absolute atomic E-state index is 0.123. The zero-order valence-corrected chi connectivity index (χ0v) is 39.3. The van der Waals surface area contributed by atoms with Crippen molar-refractivity contribution in [1.82, 2.24) is 5.43 Å². The number of fused-ring (bicyclic) bond motifs is 2. The predicted octanol–water partition coefficient (Wildman–Crippen LogP) is 4.92. The molecule has 3 aromatic carbocycles. The Kier molecular flexibility index (Phi) is 17.9. The first kappa shape index (κ1) is 54.0. The van der Waals surface area contributed by atoms with Crippen molar-refractivity contribution in [2.45, 2.75) is 121 Å². The number of aliphatic hydroxyl groups is 2. The van der Waals surface area contributed by atoms with Crippen LogP contribution in [0.2, 0.25) is 0 Å². The summed E-state index contributed by atoms with van der Waals surface area (Å²) in [4.78, 5) is 91.5. The number of aliphatic hydroxyl groups excluding tert-OH is 1. The largest absolute Gasteiger partial charge is 0.458 e. The number of allylic oxidation sites excluding steroid dienone is 1. The van der Waals surface area contributed by atoms with Gasteiger partial charge in [0.2, 0.25) is 11.4 Å². The van der Waals surface area contributed by atoms with E-state index in [1.165, 1.54) is 37.3 Å². The number of nitrogens with zero attached hydrogens (tertiary/aromatic N) is 2. The number of non-ortho nitro benzene ring substituents is 2. The Balaban J connectivity index is 1.65. The van der Waals surface area contributed by atoms with E-state index in [-0.39, 0.29) is 46.3 Å². The summed E-state index contributed by atoms with van der Waals surface area (Å²) in [5, 5.41) is 48.2. The van der Waals surface area contributed by atoms with Crippen LogP contribution in [-0.4, -0.2) is 91.2 Å². The average Bonchev–Trinajstić information content (AvgIpc) is 3.55. The van der Waals surface area contributed by atoms with E-state index < -0.39 is 107 Å². The van der Waals surface area contributed by atoms with Crippen LogP contribution in [0.4, 0.5) is 11.4 Å². The lowest BCUT2D eigenvalue weighted by Crippen LogP contribution is -2.79. The molecule has 0 spiro atoms. The lowest BCUT2D eigenvalue weighted by Gasteiger charge is -2.50. The zero-order valence-electron chi connectivity index (χ0n) is 39.3. The molecule has 1 amide bonds. The molecule has 0 aliphatic carbocycles. The highest BCUT2D eigenvalue weighted by Crippen LogP contribution is 2.56. The second-order valence-corrected chi connectivity index (χ2v) is 17.7. The summed E-state index contributed by atoms with van der Waals surface area (Å²) in [7, 11) is 0. The number of nitrogens with one attached hydrogen (secondary N) is 1. The number of ether oxygens (including phenoxy) is 6. The van der Waals surface area contributed by atoms with Crippen LogP contribution in [0.15, 0.2) is 103 Å². The minimum Gasteiger partial charge on any atom is -0.458 e. The highest BCUT2D eigenvalue weighted by molar-refractivity contribution is 6.00. The van der Waals surface area contributed by atoms with Gasteiger partial charge in [-0.3, -0.25) is 35.2 Å². The van der Waals surface area contributed by atoms with Gasteiger partial charge < -0.3 is 38.6 Å². The van der Waals surface area contributed by atoms with Crippen molar-refractivity contribution in [3.8, 4) is 0 Å². The van der Waals surface area contributed by atoms with Crippen molar-refractivity contribution >= 4 is 41.2 Å². The summed E-state index contributed by atoms with van der Waals surface area (Å²) in [6.07, 6.45) is -4.85. The van der Waals surface area contributed by atoms with Crippen LogP contribution < -0.4 is 11.3 Å². The highest BCUT2D eigenvalue weighted by atomic mass is 16.8. The van der Waals surface area contributed by atoms with Gasteiger partial charge in [-0.2, -0.15) is 0 Å².